The van der Waals surface area contributed by atoms with Crippen LogP contribution in [0.1, 0.15) is 33.1 Å². The summed E-state index contributed by atoms with van der Waals surface area (Å²) < 4.78 is 5.29. The fourth-order valence-corrected chi connectivity index (χ4v) is 1.90. The van der Waals surface area contributed by atoms with Crippen LogP contribution in [0.2, 0.25) is 0 Å². The lowest BCUT2D eigenvalue weighted by Crippen LogP contribution is -2.35. The molecule has 0 aromatic heterocycles. The molecule has 1 atom stereocenters. The van der Waals surface area contributed by atoms with Crippen molar-refractivity contribution in [3.8, 4) is 0 Å². The molecule has 1 unspecified atom stereocenters. The number of carbonyl (C=O) groups is 1. The van der Waals surface area contributed by atoms with E-state index in [1.54, 1.807) is 0 Å². The summed E-state index contributed by atoms with van der Waals surface area (Å²) in [6.07, 6.45) is 2.94. The lowest BCUT2D eigenvalue weighted by molar-refractivity contribution is -0.130. The van der Waals surface area contributed by atoms with Gasteiger partial charge in [-0.05, 0) is 26.7 Å². The van der Waals surface area contributed by atoms with E-state index in [4.69, 9.17) is 4.74 Å². The summed E-state index contributed by atoms with van der Waals surface area (Å²) in [5.41, 5.74) is 0. The van der Waals surface area contributed by atoms with Crippen LogP contribution in [0.15, 0.2) is 0 Å². The molecule has 4 nitrogen and oxygen atoms in total. The molecular formula is C12H24N2O2. The van der Waals surface area contributed by atoms with Gasteiger partial charge in [0.2, 0.25) is 5.91 Å². The van der Waals surface area contributed by atoms with E-state index >= 15 is 0 Å². The maximum atomic E-state index is 11.7. The average molecular weight is 228 g/mol. The minimum Gasteiger partial charge on any atom is -0.380 e. The van der Waals surface area contributed by atoms with Crippen LogP contribution in [0.25, 0.3) is 0 Å². The second kappa shape index (κ2) is 7.63. The molecule has 0 spiro atoms. The molecule has 0 aromatic rings. The first-order valence-corrected chi connectivity index (χ1v) is 6.33. The van der Waals surface area contributed by atoms with Gasteiger partial charge < -0.3 is 15.0 Å². The molecule has 4 heteroatoms. The van der Waals surface area contributed by atoms with E-state index in [9.17, 15) is 4.79 Å². The van der Waals surface area contributed by atoms with Gasteiger partial charge in [-0.25, -0.2) is 0 Å². The van der Waals surface area contributed by atoms with Crippen LogP contribution in [0.4, 0.5) is 0 Å². The molecule has 1 aliphatic rings. The molecule has 0 saturated carbocycles. The minimum absolute atomic E-state index is 0.286. The Labute approximate surface area is 98.3 Å². The lowest BCUT2D eigenvalue weighted by atomic mass is 10.3. The third-order valence-corrected chi connectivity index (χ3v) is 2.86. The van der Waals surface area contributed by atoms with Gasteiger partial charge in [-0.1, -0.05) is 0 Å². The summed E-state index contributed by atoms with van der Waals surface area (Å²) in [6.45, 7) is 8.19. The Balaban J connectivity index is 2.03. The molecule has 1 rings (SSSR count). The SMILES string of the molecule is CCOCC(C)NCCC(=O)N1CCCC1. The number of nitrogens with one attached hydrogen (secondary N) is 1. The zero-order valence-electron chi connectivity index (χ0n) is 10.5. The maximum absolute atomic E-state index is 11.7. The van der Waals surface area contributed by atoms with Crippen molar-refractivity contribution in [2.24, 2.45) is 0 Å². The number of carbonyl (C=O) groups excluding carboxylic acids is 1. The summed E-state index contributed by atoms with van der Waals surface area (Å²) in [7, 11) is 0. The summed E-state index contributed by atoms with van der Waals surface area (Å²) in [6, 6.07) is 0.325. The Morgan fingerprint density at radius 3 is 2.75 bits per heavy atom. The number of amides is 1. The van der Waals surface area contributed by atoms with Gasteiger partial charge in [0.1, 0.15) is 0 Å². The van der Waals surface area contributed by atoms with Crippen molar-refractivity contribution < 1.29 is 9.53 Å². The van der Waals surface area contributed by atoms with E-state index < -0.39 is 0 Å². The largest absolute Gasteiger partial charge is 0.380 e. The van der Waals surface area contributed by atoms with Crippen molar-refractivity contribution in [2.45, 2.75) is 39.2 Å². The van der Waals surface area contributed by atoms with Crippen LogP contribution in [-0.2, 0) is 9.53 Å². The predicted octanol–water partition coefficient (Wildman–Crippen LogP) is 1.01. The van der Waals surface area contributed by atoms with Crippen LogP contribution < -0.4 is 5.32 Å². The van der Waals surface area contributed by atoms with E-state index in [1.165, 1.54) is 12.8 Å². The Hall–Kier alpha value is -0.610. The number of nitrogens with zero attached hydrogens (tertiary/aromatic N) is 1. The number of likely N-dealkylation sites (tertiary alicyclic amines) is 1. The average Bonchev–Trinajstić information content (AvgIpc) is 2.79. The van der Waals surface area contributed by atoms with Gasteiger partial charge in [-0.3, -0.25) is 4.79 Å². The fraction of sp³-hybridized carbons (Fsp3) is 0.917. The van der Waals surface area contributed by atoms with Gasteiger partial charge >= 0.3 is 0 Å². The number of hydrogen-bond donors (Lipinski definition) is 1. The smallest absolute Gasteiger partial charge is 0.223 e. The van der Waals surface area contributed by atoms with E-state index in [1.807, 2.05) is 11.8 Å². The van der Waals surface area contributed by atoms with Crippen LogP contribution in [0.3, 0.4) is 0 Å². The highest BCUT2D eigenvalue weighted by Gasteiger charge is 2.17. The van der Waals surface area contributed by atoms with Crippen LogP contribution >= 0.6 is 0 Å². The quantitative estimate of drug-likeness (QED) is 0.707. The molecule has 0 aromatic carbocycles. The number of rotatable bonds is 7. The molecule has 1 saturated heterocycles. The number of ether oxygens (including phenoxy) is 1. The third-order valence-electron chi connectivity index (χ3n) is 2.86. The van der Waals surface area contributed by atoms with Crippen molar-refractivity contribution in [1.29, 1.82) is 0 Å². The first-order chi connectivity index (χ1) is 7.74. The standard InChI is InChI=1S/C12H24N2O2/c1-3-16-10-11(2)13-7-6-12(15)14-8-4-5-9-14/h11,13H,3-10H2,1-2H3. The normalized spacial score (nSPS) is 17.8. The van der Waals surface area contributed by atoms with E-state index in [2.05, 4.69) is 12.2 Å². The molecule has 1 aliphatic heterocycles. The lowest BCUT2D eigenvalue weighted by Gasteiger charge is -2.17. The second-order valence-corrected chi connectivity index (χ2v) is 4.35. The highest BCUT2D eigenvalue weighted by atomic mass is 16.5. The van der Waals surface area contributed by atoms with Crippen LogP contribution in [-0.4, -0.2) is 49.7 Å². The van der Waals surface area contributed by atoms with Gasteiger partial charge in [0.25, 0.3) is 0 Å². The second-order valence-electron chi connectivity index (χ2n) is 4.35. The first-order valence-electron chi connectivity index (χ1n) is 6.33. The summed E-state index contributed by atoms with van der Waals surface area (Å²) in [5.74, 6) is 0.286. The molecule has 94 valence electrons. The van der Waals surface area contributed by atoms with Gasteiger partial charge in [0.15, 0.2) is 0 Å². The van der Waals surface area contributed by atoms with Crippen molar-refractivity contribution in [1.82, 2.24) is 10.2 Å². The molecule has 0 radical (unpaired) electrons. The summed E-state index contributed by atoms with van der Waals surface area (Å²) in [5, 5.41) is 3.30. The summed E-state index contributed by atoms with van der Waals surface area (Å²) >= 11 is 0. The first kappa shape index (κ1) is 13.5. The van der Waals surface area contributed by atoms with Gasteiger partial charge in [0.05, 0.1) is 6.61 Å². The Kier molecular flexibility index (Phi) is 6.42. The topological polar surface area (TPSA) is 41.6 Å². The Morgan fingerprint density at radius 1 is 1.44 bits per heavy atom. The van der Waals surface area contributed by atoms with Crippen molar-refractivity contribution in [3.63, 3.8) is 0 Å². The van der Waals surface area contributed by atoms with Crippen molar-refractivity contribution >= 4 is 5.91 Å². The van der Waals surface area contributed by atoms with Gasteiger partial charge in [-0.15, -0.1) is 0 Å². The van der Waals surface area contributed by atoms with Crippen molar-refractivity contribution in [2.75, 3.05) is 32.8 Å². The molecule has 1 N–H and O–H groups in total. The number of hydrogen-bond acceptors (Lipinski definition) is 3. The van der Waals surface area contributed by atoms with E-state index in [0.717, 1.165) is 26.2 Å². The fourth-order valence-electron chi connectivity index (χ4n) is 1.90. The predicted molar refractivity (Wildman–Crippen MR) is 64.4 cm³/mol. The Morgan fingerprint density at radius 2 is 2.12 bits per heavy atom. The van der Waals surface area contributed by atoms with Crippen LogP contribution in [0, 0.1) is 0 Å². The van der Waals surface area contributed by atoms with Gasteiger partial charge in [0, 0.05) is 38.7 Å². The maximum Gasteiger partial charge on any atom is 0.223 e. The molecule has 0 aliphatic carbocycles. The highest BCUT2D eigenvalue weighted by molar-refractivity contribution is 5.76. The van der Waals surface area contributed by atoms with E-state index in [0.29, 0.717) is 19.1 Å². The molecule has 16 heavy (non-hydrogen) atoms. The zero-order chi connectivity index (χ0) is 11.8. The van der Waals surface area contributed by atoms with Gasteiger partial charge in [-0.2, -0.15) is 0 Å². The minimum atomic E-state index is 0.286. The molecule has 1 fully saturated rings. The van der Waals surface area contributed by atoms with Crippen LogP contribution in [0.5, 0.6) is 0 Å². The molecule has 1 heterocycles. The van der Waals surface area contributed by atoms with E-state index in [-0.39, 0.29) is 5.91 Å². The third kappa shape index (κ3) is 4.94. The highest BCUT2D eigenvalue weighted by Crippen LogP contribution is 2.08. The Bertz CT molecular complexity index is 203. The molecular weight excluding hydrogens is 204 g/mol. The monoisotopic (exact) mass is 228 g/mol. The molecule has 1 amide bonds. The molecule has 0 bridgehead atoms. The van der Waals surface area contributed by atoms with Crippen molar-refractivity contribution in [3.05, 3.63) is 0 Å². The summed E-state index contributed by atoms with van der Waals surface area (Å²) in [4.78, 5) is 13.7. The zero-order valence-corrected chi connectivity index (χ0v) is 10.5.